The summed E-state index contributed by atoms with van der Waals surface area (Å²) in [6.45, 7) is -2.13. The van der Waals surface area contributed by atoms with E-state index in [1.807, 2.05) is 0 Å². The van der Waals surface area contributed by atoms with Crippen molar-refractivity contribution in [1.82, 2.24) is 0 Å². The van der Waals surface area contributed by atoms with E-state index in [1.54, 1.807) is 0 Å². The molecule has 9 atom stereocenters. The molecule has 0 bridgehead atoms. The monoisotopic (exact) mass is 342 g/mol. The Morgan fingerprint density at radius 1 is 0.913 bits per heavy atom. The van der Waals surface area contributed by atoms with Crippen molar-refractivity contribution in [3.8, 4) is 0 Å². The number of hydrogen-bond donors (Lipinski definition) is 8. The quantitative estimate of drug-likeness (QED) is 0.243. The molecule has 23 heavy (non-hydrogen) atoms. The van der Waals surface area contributed by atoms with E-state index in [0.29, 0.717) is 0 Å². The van der Waals surface area contributed by atoms with E-state index in [1.165, 1.54) is 0 Å². The van der Waals surface area contributed by atoms with Crippen LogP contribution >= 0.6 is 0 Å². The largest absolute Gasteiger partial charge is 0.394 e. The van der Waals surface area contributed by atoms with Gasteiger partial charge in [-0.05, 0) is 0 Å². The summed E-state index contributed by atoms with van der Waals surface area (Å²) in [5.41, 5.74) is 0. The lowest BCUT2D eigenvalue weighted by molar-refractivity contribution is -0.415. The molecule has 0 unspecified atom stereocenters. The molecule has 2 saturated heterocycles. The minimum Gasteiger partial charge on any atom is -0.394 e. The van der Waals surface area contributed by atoms with E-state index in [4.69, 9.17) is 19.3 Å². The third kappa shape index (κ3) is 3.36. The first-order valence-corrected chi connectivity index (χ1v) is 7.04. The normalized spacial score (nSPS) is 51.7. The van der Waals surface area contributed by atoms with E-state index >= 15 is 0 Å². The Bertz CT molecular complexity index is 393. The Kier molecular flexibility index (Phi) is 5.92. The van der Waals surface area contributed by atoms with Crippen LogP contribution in [-0.4, -0.2) is 115 Å². The van der Waals surface area contributed by atoms with Crippen molar-refractivity contribution in [2.75, 3.05) is 19.8 Å². The molecule has 2 rings (SSSR count). The lowest BCUT2D eigenvalue weighted by Crippen LogP contribution is -2.68. The highest BCUT2D eigenvalue weighted by molar-refractivity contribution is 4.95. The zero-order chi connectivity index (χ0) is 17.4. The first kappa shape index (κ1) is 18.9. The molecular formula is C12H22O11. The maximum absolute atomic E-state index is 10.00. The lowest BCUT2D eigenvalue weighted by atomic mass is 9.96. The number of rotatable bonds is 4. The van der Waals surface area contributed by atoms with Gasteiger partial charge in [0.25, 0.3) is 0 Å². The fourth-order valence-corrected chi connectivity index (χ4v) is 2.52. The van der Waals surface area contributed by atoms with Crippen LogP contribution in [0.2, 0.25) is 0 Å². The second kappa shape index (κ2) is 7.21. The average Bonchev–Trinajstić information content (AvgIpc) is 2.56. The smallest absolute Gasteiger partial charge is 0.223 e. The van der Waals surface area contributed by atoms with E-state index in [0.717, 1.165) is 0 Å². The summed E-state index contributed by atoms with van der Waals surface area (Å²) in [5.74, 6) is -2.23. The highest BCUT2D eigenvalue weighted by atomic mass is 16.8. The molecule has 2 fully saturated rings. The minimum absolute atomic E-state index is 0.476. The zero-order valence-corrected chi connectivity index (χ0v) is 12.0. The van der Waals surface area contributed by atoms with Crippen molar-refractivity contribution >= 4 is 0 Å². The van der Waals surface area contributed by atoms with E-state index in [9.17, 15) is 35.7 Å². The molecular weight excluding hydrogens is 320 g/mol. The average molecular weight is 342 g/mol. The summed E-state index contributed by atoms with van der Waals surface area (Å²) in [6.07, 6.45) is -13.0. The summed E-state index contributed by atoms with van der Waals surface area (Å²) in [4.78, 5) is 0. The highest BCUT2D eigenvalue weighted by Crippen LogP contribution is 2.32. The number of aliphatic hydroxyl groups is 8. The molecule has 0 saturated carbocycles. The molecule has 0 aliphatic carbocycles. The van der Waals surface area contributed by atoms with Gasteiger partial charge in [0.1, 0.15) is 49.3 Å². The first-order valence-electron chi connectivity index (χ1n) is 7.04. The summed E-state index contributed by atoms with van der Waals surface area (Å²) >= 11 is 0. The predicted octanol–water partition coefficient (Wildman–Crippen LogP) is -5.40. The van der Waals surface area contributed by atoms with Gasteiger partial charge in [0.05, 0.1) is 13.2 Å². The number of aliphatic hydroxyl groups excluding tert-OH is 8. The van der Waals surface area contributed by atoms with Gasteiger partial charge in [-0.15, -0.1) is 0 Å². The molecule has 0 aromatic rings. The number of ether oxygens (including phenoxy) is 3. The van der Waals surface area contributed by atoms with E-state index in [2.05, 4.69) is 0 Å². The maximum Gasteiger partial charge on any atom is 0.223 e. The van der Waals surface area contributed by atoms with Gasteiger partial charge < -0.3 is 55.1 Å². The van der Waals surface area contributed by atoms with Crippen LogP contribution in [0.25, 0.3) is 0 Å². The summed E-state index contributed by atoms with van der Waals surface area (Å²) in [7, 11) is 0. The fraction of sp³-hybridized carbons (Fsp3) is 1.00. The first-order chi connectivity index (χ1) is 10.8. The third-order valence-electron chi connectivity index (χ3n) is 4.05. The molecule has 11 heteroatoms. The zero-order valence-electron chi connectivity index (χ0n) is 12.0. The van der Waals surface area contributed by atoms with Crippen LogP contribution < -0.4 is 0 Å². The molecule has 0 radical (unpaired) electrons. The fourth-order valence-electron chi connectivity index (χ4n) is 2.52. The molecule has 0 spiro atoms. The maximum atomic E-state index is 10.00. The van der Waals surface area contributed by atoms with Crippen molar-refractivity contribution < 1.29 is 55.1 Å². The van der Waals surface area contributed by atoms with Gasteiger partial charge in [-0.25, -0.2) is 0 Å². The van der Waals surface area contributed by atoms with Crippen molar-refractivity contribution in [3.05, 3.63) is 0 Å². The Hall–Kier alpha value is -0.440. The van der Waals surface area contributed by atoms with Crippen LogP contribution in [0.3, 0.4) is 0 Å². The van der Waals surface area contributed by atoms with Crippen LogP contribution in [-0.2, 0) is 14.2 Å². The molecule has 11 nitrogen and oxygen atoms in total. The highest BCUT2D eigenvalue weighted by Gasteiger charge is 2.55. The Morgan fingerprint density at radius 3 is 2.13 bits per heavy atom. The second-order valence-electron chi connectivity index (χ2n) is 5.60. The van der Waals surface area contributed by atoms with Crippen LogP contribution in [0.1, 0.15) is 0 Å². The van der Waals surface area contributed by atoms with Crippen LogP contribution in [0.4, 0.5) is 0 Å². The van der Waals surface area contributed by atoms with Gasteiger partial charge in [0, 0.05) is 0 Å². The SMILES string of the molecule is OC[C@H]1O[C@@H](O[C@]2(CO)OC[C@@H](O)[C@@H](O)[C@@H]2O)[C@H](O)[C@@H](O)[C@@H]1O. The second-order valence-corrected chi connectivity index (χ2v) is 5.60. The minimum atomic E-state index is -2.23. The van der Waals surface area contributed by atoms with E-state index < -0.39 is 74.6 Å². The molecule has 136 valence electrons. The molecule has 8 N–H and O–H groups in total. The molecule has 0 amide bonds. The van der Waals surface area contributed by atoms with Gasteiger partial charge >= 0.3 is 0 Å². The van der Waals surface area contributed by atoms with Crippen molar-refractivity contribution in [2.24, 2.45) is 0 Å². The van der Waals surface area contributed by atoms with Crippen LogP contribution in [0.5, 0.6) is 0 Å². The third-order valence-corrected chi connectivity index (χ3v) is 4.05. The van der Waals surface area contributed by atoms with E-state index in [-0.39, 0.29) is 0 Å². The summed E-state index contributed by atoms with van der Waals surface area (Å²) in [5, 5.41) is 77.0. The topological polar surface area (TPSA) is 190 Å². The Morgan fingerprint density at radius 2 is 1.57 bits per heavy atom. The molecule has 0 aromatic heterocycles. The van der Waals surface area contributed by atoms with Gasteiger partial charge in [-0.3, -0.25) is 0 Å². The molecule has 2 heterocycles. The standard InChI is InChI=1S/C12H22O11/c13-1-5-7(17)8(18)9(19)11(22-5)23-12(3-14)10(20)6(16)4(15)2-21-12/h4-11,13-20H,1-3H2/t4-,5-,6-,7-,8+,9-,10+,11+,12+/m1/s1. The van der Waals surface area contributed by atoms with Gasteiger partial charge in [0.15, 0.2) is 6.29 Å². The predicted molar refractivity (Wildman–Crippen MR) is 68.6 cm³/mol. The number of hydrogen-bond acceptors (Lipinski definition) is 11. The Balaban J connectivity index is 2.17. The van der Waals surface area contributed by atoms with Gasteiger partial charge in [0.2, 0.25) is 5.79 Å². The lowest BCUT2D eigenvalue weighted by Gasteiger charge is -2.48. The van der Waals surface area contributed by atoms with Gasteiger partial charge in [-0.2, -0.15) is 0 Å². The molecule has 2 aliphatic rings. The molecule has 0 aromatic carbocycles. The van der Waals surface area contributed by atoms with Crippen LogP contribution in [0, 0.1) is 0 Å². The van der Waals surface area contributed by atoms with Crippen molar-refractivity contribution in [2.45, 2.75) is 54.8 Å². The summed E-state index contributed by atoms with van der Waals surface area (Å²) < 4.78 is 15.4. The van der Waals surface area contributed by atoms with Gasteiger partial charge in [-0.1, -0.05) is 0 Å². The van der Waals surface area contributed by atoms with Crippen molar-refractivity contribution in [3.63, 3.8) is 0 Å². The summed E-state index contributed by atoms with van der Waals surface area (Å²) in [6, 6.07) is 0. The Labute approximate surface area is 130 Å². The van der Waals surface area contributed by atoms with Crippen LogP contribution in [0.15, 0.2) is 0 Å². The van der Waals surface area contributed by atoms with Crippen molar-refractivity contribution in [1.29, 1.82) is 0 Å². The molecule has 2 aliphatic heterocycles.